The van der Waals surface area contributed by atoms with E-state index in [1.54, 1.807) is 7.11 Å². The Labute approximate surface area is 72.7 Å². The molecule has 2 rings (SSSR count). The van der Waals surface area contributed by atoms with Crippen LogP contribution in [0.5, 0.6) is 0 Å². The van der Waals surface area contributed by atoms with E-state index in [2.05, 4.69) is 11.8 Å². The molecule has 12 heavy (non-hydrogen) atoms. The Kier molecular flexibility index (Phi) is 1.88. The second-order valence-electron chi connectivity index (χ2n) is 4.16. The standard InChI is InChI=1S/C9H16FNO/c1-7-3-9(6-12-2)4-8(10)5-11(7)9/h7-8H,3-6H2,1-2H3/t7-,8-,9-/m0/s1. The van der Waals surface area contributed by atoms with Crippen molar-refractivity contribution in [3.63, 3.8) is 0 Å². The predicted molar refractivity (Wildman–Crippen MR) is 44.9 cm³/mol. The molecule has 0 unspecified atom stereocenters. The van der Waals surface area contributed by atoms with Crippen LogP contribution in [0.1, 0.15) is 19.8 Å². The van der Waals surface area contributed by atoms with Gasteiger partial charge in [0.1, 0.15) is 6.17 Å². The lowest BCUT2D eigenvalue weighted by atomic mass is 9.80. The molecule has 0 amide bonds. The predicted octanol–water partition coefficient (Wildman–Crippen LogP) is 1.21. The number of hydrogen-bond donors (Lipinski definition) is 0. The molecule has 2 aliphatic rings. The van der Waals surface area contributed by atoms with Crippen molar-refractivity contribution in [1.29, 1.82) is 0 Å². The lowest BCUT2D eigenvalue weighted by Crippen LogP contribution is -2.63. The van der Waals surface area contributed by atoms with Gasteiger partial charge in [0.15, 0.2) is 0 Å². The summed E-state index contributed by atoms with van der Waals surface area (Å²) in [6.45, 7) is 3.47. The molecule has 0 aromatic rings. The molecule has 2 fully saturated rings. The first kappa shape index (κ1) is 8.45. The molecule has 2 nitrogen and oxygen atoms in total. The fourth-order valence-electron chi connectivity index (χ4n) is 2.87. The van der Waals surface area contributed by atoms with Crippen molar-refractivity contribution >= 4 is 0 Å². The minimum absolute atomic E-state index is 0.0631. The molecular formula is C9H16FNO. The summed E-state index contributed by atoms with van der Waals surface area (Å²) >= 11 is 0. The van der Waals surface area contributed by atoms with Gasteiger partial charge in [0, 0.05) is 31.7 Å². The van der Waals surface area contributed by atoms with Gasteiger partial charge in [-0.05, 0) is 13.3 Å². The first-order valence-electron chi connectivity index (χ1n) is 4.58. The Morgan fingerprint density at radius 3 is 2.92 bits per heavy atom. The van der Waals surface area contributed by atoms with Crippen LogP contribution in [0.4, 0.5) is 4.39 Å². The van der Waals surface area contributed by atoms with E-state index in [-0.39, 0.29) is 5.54 Å². The molecule has 0 aromatic carbocycles. The SMILES string of the molecule is COC[C@]12C[C@H](F)CN1[C@@H](C)C2. The molecule has 0 N–H and O–H groups in total. The molecular weight excluding hydrogens is 157 g/mol. The van der Waals surface area contributed by atoms with E-state index in [1.165, 1.54) is 0 Å². The van der Waals surface area contributed by atoms with Crippen molar-refractivity contribution in [3.8, 4) is 0 Å². The van der Waals surface area contributed by atoms with Gasteiger partial charge in [0.2, 0.25) is 0 Å². The zero-order valence-corrected chi connectivity index (χ0v) is 7.72. The van der Waals surface area contributed by atoms with Gasteiger partial charge in [-0.15, -0.1) is 0 Å². The Morgan fingerprint density at radius 1 is 1.58 bits per heavy atom. The van der Waals surface area contributed by atoms with Crippen LogP contribution in [0.25, 0.3) is 0 Å². The van der Waals surface area contributed by atoms with E-state index in [1.807, 2.05) is 0 Å². The molecule has 0 aliphatic carbocycles. The highest BCUT2D eigenvalue weighted by atomic mass is 19.1. The molecule has 2 saturated heterocycles. The molecule has 0 bridgehead atoms. The van der Waals surface area contributed by atoms with Crippen LogP contribution in [0.15, 0.2) is 0 Å². The van der Waals surface area contributed by atoms with Crippen LogP contribution in [-0.2, 0) is 4.74 Å². The van der Waals surface area contributed by atoms with Crippen LogP contribution in [0.2, 0.25) is 0 Å². The minimum atomic E-state index is -0.634. The number of fused-ring (bicyclic) bond motifs is 1. The molecule has 2 heterocycles. The van der Waals surface area contributed by atoms with Crippen molar-refractivity contribution < 1.29 is 9.13 Å². The van der Waals surface area contributed by atoms with Crippen LogP contribution < -0.4 is 0 Å². The zero-order valence-electron chi connectivity index (χ0n) is 7.72. The average molecular weight is 173 g/mol. The van der Waals surface area contributed by atoms with Gasteiger partial charge in [0.25, 0.3) is 0 Å². The van der Waals surface area contributed by atoms with Gasteiger partial charge in [-0.1, -0.05) is 0 Å². The van der Waals surface area contributed by atoms with Crippen molar-refractivity contribution in [2.45, 2.75) is 37.5 Å². The Morgan fingerprint density at radius 2 is 2.33 bits per heavy atom. The van der Waals surface area contributed by atoms with E-state index < -0.39 is 6.17 Å². The van der Waals surface area contributed by atoms with E-state index in [4.69, 9.17) is 4.74 Å². The third kappa shape index (κ3) is 0.995. The van der Waals surface area contributed by atoms with E-state index in [0.717, 1.165) is 6.42 Å². The normalized spacial score (nSPS) is 47.2. The van der Waals surface area contributed by atoms with Gasteiger partial charge >= 0.3 is 0 Å². The first-order chi connectivity index (χ1) is 5.68. The van der Waals surface area contributed by atoms with Gasteiger partial charge in [-0.3, -0.25) is 4.90 Å². The highest BCUT2D eigenvalue weighted by Crippen LogP contribution is 2.45. The first-order valence-corrected chi connectivity index (χ1v) is 4.58. The molecule has 0 saturated carbocycles. The fraction of sp³-hybridized carbons (Fsp3) is 1.00. The number of hydrogen-bond acceptors (Lipinski definition) is 2. The molecule has 0 spiro atoms. The molecule has 0 aromatic heterocycles. The van der Waals surface area contributed by atoms with Crippen LogP contribution >= 0.6 is 0 Å². The topological polar surface area (TPSA) is 12.5 Å². The average Bonchev–Trinajstić information content (AvgIpc) is 2.24. The summed E-state index contributed by atoms with van der Waals surface area (Å²) in [5.74, 6) is 0. The van der Waals surface area contributed by atoms with Crippen molar-refractivity contribution in [3.05, 3.63) is 0 Å². The van der Waals surface area contributed by atoms with Crippen LogP contribution in [-0.4, -0.2) is 42.9 Å². The number of rotatable bonds is 2. The lowest BCUT2D eigenvalue weighted by Gasteiger charge is -2.52. The van der Waals surface area contributed by atoms with Crippen LogP contribution in [0, 0.1) is 0 Å². The summed E-state index contributed by atoms with van der Waals surface area (Å²) in [4.78, 5) is 2.25. The number of methoxy groups -OCH3 is 1. The minimum Gasteiger partial charge on any atom is -0.383 e. The van der Waals surface area contributed by atoms with E-state index in [0.29, 0.717) is 25.6 Å². The summed E-state index contributed by atoms with van der Waals surface area (Å²) in [5.41, 5.74) is 0.0631. The molecule has 70 valence electrons. The highest BCUT2D eigenvalue weighted by molar-refractivity contribution is 5.10. The number of halogens is 1. The maximum absolute atomic E-state index is 13.1. The molecule has 2 aliphatic heterocycles. The highest BCUT2D eigenvalue weighted by Gasteiger charge is 2.55. The second-order valence-corrected chi connectivity index (χ2v) is 4.16. The van der Waals surface area contributed by atoms with Gasteiger partial charge in [-0.25, -0.2) is 4.39 Å². The maximum atomic E-state index is 13.1. The summed E-state index contributed by atoms with van der Waals surface area (Å²) < 4.78 is 18.2. The van der Waals surface area contributed by atoms with Gasteiger partial charge < -0.3 is 4.74 Å². The Hall–Kier alpha value is -0.150. The smallest absolute Gasteiger partial charge is 0.115 e. The Bertz CT molecular complexity index is 183. The van der Waals surface area contributed by atoms with E-state index in [9.17, 15) is 4.39 Å². The summed E-state index contributed by atoms with van der Waals surface area (Å²) in [7, 11) is 1.70. The quantitative estimate of drug-likeness (QED) is 0.622. The second kappa shape index (κ2) is 2.67. The number of ether oxygens (including phenoxy) is 1. The monoisotopic (exact) mass is 173 g/mol. The van der Waals surface area contributed by atoms with Crippen LogP contribution in [0.3, 0.4) is 0 Å². The molecule has 0 radical (unpaired) electrons. The third-order valence-corrected chi connectivity index (χ3v) is 3.23. The van der Waals surface area contributed by atoms with Crippen molar-refractivity contribution in [2.75, 3.05) is 20.3 Å². The summed E-state index contributed by atoms with van der Waals surface area (Å²) in [6.07, 6.45) is 1.14. The lowest BCUT2D eigenvalue weighted by molar-refractivity contribution is -0.0741. The van der Waals surface area contributed by atoms with Crippen molar-refractivity contribution in [2.24, 2.45) is 0 Å². The molecule has 3 atom stereocenters. The third-order valence-electron chi connectivity index (χ3n) is 3.23. The van der Waals surface area contributed by atoms with Crippen molar-refractivity contribution in [1.82, 2.24) is 4.90 Å². The van der Waals surface area contributed by atoms with Gasteiger partial charge in [0.05, 0.1) is 6.61 Å². The fourth-order valence-corrected chi connectivity index (χ4v) is 2.87. The zero-order chi connectivity index (χ0) is 8.77. The number of alkyl halides is 1. The molecule has 3 heteroatoms. The summed E-state index contributed by atoms with van der Waals surface area (Å²) in [5, 5.41) is 0. The van der Waals surface area contributed by atoms with E-state index >= 15 is 0 Å². The Balaban J connectivity index is 2.06. The maximum Gasteiger partial charge on any atom is 0.115 e. The summed E-state index contributed by atoms with van der Waals surface area (Å²) in [6, 6.07) is 0.556. The number of nitrogens with zero attached hydrogens (tertiary/aromatic N) is 1. The van der Waals surface area contributed by atoms with Gasteiger partial charge in [-0.2, -0.15) is 0 Å². The largest absolute Gasteiger partial charge is 0.383 e.